The number of fused-ring (bicyclic) bond motifs is 2. The van der Waals surface area contributed by atoms with Crippen molar-refractivity contribution < 1.29 is 14.3 Å². The van der Waals surface area contributed by atoms with E-state index >= 15 is 0 Å². The van der Waals surface area contributed by atoms with Gasteiger partial charge >= 0.3 is 5.97 Å². The highest BCUT2D eigenvalue weighted by molar-refractivity contribution is 6.12. The maximum atomic E-state index is 12.1. The van der Waals surface area contributed by atoms with Crippen LogP contribution < -0.4 is 5.32 Å². The molecule has 1 spiro atoms. The highest BCUT2D eigenvalue weighted by Crippen LogP contribution is 2.60. The second kappa shape index (κ2) is 3.82. The Morgan fingerprint density at radius 2 is 2.42 bits per heavy atom. The van der Waals surface area contributed by atoms with Crippen LogP contribution in [0.15, 0.2) is 18.2 Å². The molecule has 0 unspecified atom stereocenters. The standard InChI is InChI=1S/C14H12N2O3/c1-2-19-12(17)10-6-14(10)9-5-8(7-15)3-4-11(9)16-13(14)18/h3-5,10H,2,6H2,1H3,(H,16,18)/t10-,14-/m1/s1. The van der Waals surface area contributed by atoms with Crippen molar-refractivity contribution >= 4 is 17.6 Å². The van der Waals surface area contributed by atoms with E-state index in [2.05, 4.69) is 11.4 Å². The van der Waals surface area contributed by atoms with Gasteiger partial charge in [-0.3, -0.25) is 9.59 Å². The monoisotopic (exact) mass is 256 g/mol. The van der Waals surface area contributed by atoms with Gasteiger partial charge in [-0.1, -0.05) is 0 Å². The van der Waals surface area contributed by atoms with Crippen LogP contribution in [0.25, 0.3) is 0 Å². The van der Waals surface area contributed by atoms with Gasteiger partial charge in [0.2, 0.25) is 5.91 Å². The van der Waals surface area contributed by atoms with Crippen LogP contribution in [-0.4, -0.2) is 18.5 Å². The van der Waals surface area contributed by atoms with Gasteiger partial charge in [-0.25, -0.2) is 0 Å². The van der Waals surface area contributed by atoms with Crippen molar-refractivity contribution in [2.24, 2.45) is 5.92 Å². The van der Waals surface area contributed by atoms with Crippen molar-refractivity contribution in [3.05, 3.63) is 29.3 Å². The van der Waals surface area contributed by atoms with E-state index in [1.54, 1.807) is 25.1 Å². The number of rotatable bonds is 2. The van der Waals surface area contributed by atoms with Crippen LogP contribution in [0.4, 0.5) is 5.69 Å². The molecule has 1 aromatic rings. The zero-order valence-electron chi connectivity index (χ0n) is 10.4. The van der Waals surface area contributed by atoms with Crippen LogP contribution >= 0.6 is 0 Å². The molecule has 2 atom stereocenters. The number of hydrogen-bond donors (Lipinski definition) is 1. The first-order valence-corrected chi connectivity index (χ1v) is 6.16. The van der Waals surface area contributed by atoms with E-state index in [0.29, 0.717) is 24.3 Å². The third kappa shape index (κ3) is 1.46. The molecule has 1 heterocycles. The van der Waals surface area contributed by atoms with E-state index in [9.17, 15) is 9.59 Å². The largest absolute Gasteiger partial charge is 0.466 e. The van der Waals surface area contributed by atoms with E-state index in [1.165, 1.54) is 0 Å². The number of carbonyl (C=O) groups excluding carboxylic acids is 2. The van der Waals surface area contributed by atoms with Gasteiger partial charge in [0.1, 0.15) is 0 Å². The van der Waals surface area contributed by atoms with Crippen molar-refractivity contribution in [2.75, 3.05) is 11.9 Å². The molecule has 1 aromatic carbocycles. The number of ether oxygens (including phenoxy) is 1. The maximum absolute atomic E-state index is 12.1. The summed E-state index contributed by atoms with van der Waals surface area (Å²) in [7, 11) is 0. The van der Waals surface area contributed by atoms with Crippen LogP contribution in [-0.2, 0) is 19.7 Å². The Labute approximate surface area is 110 Å². The zero-order chi connectivity index (χ0) is 13.6. The van der Waals surface area contributed by atoms with Crippen molar-refractivity contribution in [1.29, 1.82) is 5.26 Å². The van der Waals surface area contributed by atoms with Gasteiger partial charge < -0.3 is 10.1 Å². The summed E-state index contributed by atoms with van der Waals surface area (Å²) in [6, 6.07) is 7.10. The molecule has 5 heteroatoms. The highest BCUT2D eigenvalue weighted by Gasteiger charge is 2.68. The molecule has 0 radical (unpaired) electrons. The van der Waals surface area contributed by atoms with Crippen LogP contribution in [0.5, 0.6) is 0 Å². The lowest BCUT2D eigenvalue weighted by Gasteiger charge is -2.08. The minimum Gasteiger partial charge on any atom is -0.466 e. The number of hydrogen-bond acceptors (Lipinski definition) is 4. The average Bonchev–Trinajstić information content (AvgIpc) is 3.09. The first-order valence-electron chi connectivity index (χ1n) is 6.16. The summed E-state index contributed by atoms with van der Waals surface area (Å²) < 4.78 is 4.99. The third-order valence-electron chi connectivity index (χ3n) is 3.81. The van der Waals surface area contributed by atoms with Crippen molar-refractivity contribution in [3.8, 4) is 6.07 Å². The Morgan fingerprint density at radius 1 is 1.63 bits per heavy atom. The molecule has 96 valence electrons. The van der Waals surface area contributed by atoms with Gasteiger partial charge in [0.05, 0.1) is 29.6 Å². The number of nitrogens with zero attached hydrogens (tertiary/aromatic N) is 1. The fraction of sp³-hybridized carbons (Fsp3) is 0.357. The lowest BCUT2D eigenvalue weighted by Crippen LogP contribution is -2.25. The van der Waals surface area contributed by atoms with Gasteiger partial charge in [0.25, 0.3) is 0 Å². The molecule has 0 bridgehead atoms. The summed E-state index contributed by atoms with van der Waals surface area (Å²) in [4.78, 5) is 23.9. The number of esters is 1. The van der Waals surface area contributed by atoms with E-state index in [1.807, 2.05) is 0 Å². The van der Waals surface area contributed by atoms with Crippen molar-refractivity contribution in [2.45, 2.75) is 18.8 Å². The van der Waals surface area contributed by atoms with Gasteiger partial charge in [-0.2, -0.15) is 5.26 Å². The molecule has 1 amide bonds. The van der Waals surface area contributed by atoms with E-state index in [-0.39, 0.29) is 11.9 Å². The summed E-state index contributed by atoms with van der Waals surface area (Å²) in [5.41, 5.74) is 1.11. The summed E-state index contributed by atoms with van der Waals surface area (Å²) >= 11 is 0. The van der Waals surface area contributed by atoms with Gasteiger partial charge in [-0.15, -0.1) is 0 Å². The molecule has 1 aliphatic heterocycles. The first-order chi connectivity index (χ1) is 9.13. The lowest BCUT2D eigenvalue weighted by atomic mass is 9.93. The molecule has 1 aliphatic carbocycles. The number of nitriles is 1. The summed E-state index contributed by atoms with van der Waals surface area (Å²) in [6.45, 7) is 2.04. The SMILES string of the molecule is CCOC(=O)[C@H]1C[C@]12C(=O)Nc1ccc(C#N)cc12. The Bertz CT molecular complexity index is 632. The molecule has 1 fully saturated rings. The first kappa shape index (κ1) is 11.7. The normalized spacial score (nSPS) is 26.5. The number of benzene rings is 1. The van der Waals surface area contributed by atoms with E-state index < -0.39 is 11.3 Å². The van der Waals surface area contributed by atoms with E-state index in [0.717, 1.165) is 5.56 Å². The average molecular weight is 256 g/mol. The number of nitrogens with one attached hydrogen (secondary N) is 1. The van der Waals surface area contributed by atoms with Gasteiger partial charge in [-0.05, 0) is 37.1 Å². The smallest absolute Gasteiger partial charge is 0.310 e. The Hall–Kier alpha value is -2.35. The minimum absolute atomic E-state index is 0.171. The van der Waals surface area contributed by atoms with Gasteiger partial charge in [0, 0.05) is 5.69 Å². The number of amides is 1. The fourth-order valence-electron chi connectivity index (χ4n) is 2.79. The maximum Gasteiger partial charge on any atom is 0.310 e. The Morgan fingerprint density at radius 3 is 3.11 bits per heavy atom. The third-order valence-corrected chi connectivity index (χ3v) is 3.81. The lowest BCUT2D eigenvalue weighted by molar-refractivity contribution is -0.146. The molecule has 3 rings (SSSR count). The number of anilines is 1. The van der Waals surface area contributed by atoms with Gasteiger partial charge in [0.15, 0.2) is 0 Å². The molecule has 1 saturated carbocycles. The van der Waals surface area contributed by atoms with Crippen LogP contribution in [0.2, 0.25) is 0 Å². The molecule has 19 heavy (non-hydrogen) atoms. The second-order valence-corrected chi connectivity index (χ2v) is 4.81. The van der Waals surface area contributed by atoms with Crippen LogP contribution in [0.1, 0.15) is 24.5 Å². The highest BCUT2D eigenvalue weighted by atomic mass is 16.5. The molecule has 0 aromatic heterocycles. The fourth-order valence-corrected chi connectivity index (χ4v) is 2.79. The van der Waals surface area contributed by atoms with E-state index in [4.69, 9.17) is 10.00 Å². The molecular weight excluding hydrogens is 244 g/mol. The summed E-state index contributed by atoms with van der Waals surface area (Å²) in [6.07, 6.45) is 0.458. The Balaban J connectivity index is 2.01. The van der Waals surface area contributed by atoms with Crippen LogP contribution in [0, 0.1) is 17.2 Å². The number of carbonyl (C=O) groups is 2. The molecule has 0 saturated heterocycles. The molecular formula is C14H12N2O3. The van der Waals surface area contributed by atoms with Crippen molar-refractivity contribution in [3.63, 3.8) is 0 Å². The molecule has 5 nitrogen and oxygen atoms in total. The summed E-state index contributed by atoms with van der Waals surface area (Å²) in [5, 5.41) is 11.7. The minimum atomic E-state index is -0.811. The van der Waals surface area contributed by atoms with Crippen molar-refractivity contribution in [1.82, 2.24) is 0 Å². The quantitative estimate of drug-likeness (QED) is 0.809. The topological polar surface area (TPSA) is 79.2 Å². The zero-order valence-corrected chi connectivity index (χ0v) is 10.4. The molecule has 1 N–H and O–H groups in total. The predicted octanol–water partition coefficient (Wildman–Crippen LogP) is 1.33. The Kier molecular flexibility index (Phi) is 2.36. The predicted molar refractivity (Wildman–Crippen MR) is 66.2 cm³/mol. The molecule has 2 aliphatic rings. The second-order valence-electron chi connectivity index (χ2n) is 4.81. The van der Waals surface area contributed by atoms with Crippen LogP contribution in [0.3, 0.4) is 0 Å². The summed E-state index contributed by atoms with van der Waals surface area (Å²) in [5.74, 6) is -0.939.